The number of ether oxygens (including phenoxy) is 1. The van der Waals surface area contributed by atoms with Crippen LogP contribution in [0.3, 0.4) is 0 Å². The Morgan fingerprint density at radius 2 is 1.86 bits per heavy atom. The van der Waals surface area contributed by atoms with E-state index in [2.05, 4.69) is 22.5 Å². The maximum absolute atomic E-state index is 13.7. The Labute approximate surface area is 219 Å². The molecule has 0 unspecified atom stereocenters. The van der Waals surface area contributed by atoms with Crippen LogP contribution < -0.4 is 10.6 Å². The molecule has 0 aliphatic carbocycles. The van der Waals surface area contributed by atoms with Crippen LogP contribution in [0.2, 0.25) is 0 Å². The highest BCUT2D eigenvalue weighted by atomic mass is 32.2. The van der Waals surface area contributed by atoms with Crippen molar-refractivity contribution in [3.63, 3.8) is 0 Å². The SMILES string of the molecule is C=CC(=O)N1[C@H](C)CN(c2nc(=O)n3c4c(c(-c5ccc(F)cc5)c(C)cc24)SC[C@@H](OC)C3)C[C@@H]1C. The fourth-order valence-electron chi connectivity index (χ4n) is 5.66. The molecule has 9 heteroatoms. The Kier molecular flexibility index (Phi) is 6.85. The molecule has 0 spiro atoms. The smallest absolute Gasteiger partial charge is 0.350 e. The topological polar surface area (TPSA) is 67.7 Å². The Hall–Kier alpha value is -3.17. The van der Waals surface area contributed by atoms with Crippen LogP contribution in [0.4, 0.5) is 10.2 Å². The standard InChI is InChI=1S/C28H31FN4O3S/c1-6-23(34)33-17(3)12-31(13-18(33)4)27-22-11-16(2)24(19-7-9-20(29)10-8-19)26-25(22)32(28(35)30-27)14-21(36-5)15-37-26/h6-11,17-18,21H,1,12-15H2,2-5H3/t17-,18+,21-/m0/s1. The Morgan fingerprint density at radius 1 is 1.19 bits per heavy atom. The monoisotopic (exact) mass is 522 g/mol. The first kappa shape index (κ1) is 25.5. The first-order chi connectivity index (χ1) is 17.7. The number of thioether (sulfide) groups is 1. The molecule has 0 bridgehead atoms. The van der Waals surface area contributed by atoms with E-state index in [1.807, 2.05) is 25.7 Å². The van der Waals surface area contributed by atoms with E-state index in [4.69, 9.17) is 4.74 Å². The predicted molar refractivity (Wildman–Crippen MR) is 146 cm³/mol. The van der Waals surface area contributed by atoms with Crippen LogP contribution in [-0.2, 0) is 16.1 Å². The molecule has 3 heterocycles. The minimum absolute atomic E-state index is 0.0736. The molecule has 0 N–H and O–H groups in total. The van der Waals surface area contributed by atoms with Gasteiger partial charge in [0.15, 0.2) is 0 Å². The normalized spacial score (nSPS) is 21.7. The molecule has 0 radical (unpaired) electrons. The average molecular weight is 523 g/mol. The lowest BCUT2D eigenvalue weighted by molar-refractivity contribution is -0.130. The molecule has 1 saturated heterocycles. The summed E-state index contributed by atoms with van der Waals surface area (Å²) in [7, 11) is 1.66. The summed E-state index contributed by atoms with van der Waals surface area (Å²) < 4.78 is 21.1. The fourth-order valence-corrected chi connectivity index (χ4v) is 7.03. The molecule has 3 aromatic rings. The molecule has 0 saturated carbocycles. The largest absolute Gasteiger partial charge is 0.379 e. The van der Waals surface area contributed by atoms with Gasteiger partial charge in [-0.25, -0.2) is 9.18 Å². The molecular weight excluding hydrogens is 491 g/mol. The number of benzene rings is 2. The number of amides is 1. The number of piperazine rings is 1. The molecule has 2 aromatic carbocycles. The number of hydrogen-bond donors (Lipinski definition) is 0. The quantitative estimate of drug-likeness (QED) is 0.478. The minimum Gasteiger partial charge on any atom is -0.379 e. The van der Waals surface area contributed by atoms with Crippen LogP contribution in [-0.4, -0.2) is 64.5 Å². The van der Waals surface area contributed by atoms with Crippen molar-refractivity contribution in [2.24, 2.45) is 0 Å². The summed E-state index contributed by atoms with van der Waals surface area (Å²) in [5.74, 6) is 0.923. The van der Waals surface area contributed by atoms with Crippen molar-refractivity contribution in [2.45, 2.75) is 50.4 Å². The van der Waals surface area contributed by atoms with Gasteiger partial charge in [-0.3, -0.25) is 9.36 Å². The zero-order chi connectivity index (χ0) is 26.4. The van der Waals surface area contributed by atoms with Crippen molar-refractivity contribution < 1.29 is 13.9 Å². The number of carbonyl (C=O) groups is 1. The van der Waals surface area contributed by atoms with Crippen LogP contribution in [0.5, 0.6) is 0 Å². The molecule has 1 fully saturated rings. The van der Waals surface area contributed by atoms with Crippen molar-refractivity contribution >= 4 is 34.4 Å². The van der Waals surface area contributed by atoms with Gasteiger partial charge in [0.05, 0.1) is 18.2 Å². The summed E-state index contributed by atoms with van der Waals surface area (Å²) >= 11 is 1.66. The van der Waals surface area contributed by atoms with Crippen molar-refractivity contribution in [1.29, 1.82) is 0 Å². The Bertz CT molecular complexity index is 1430. The number of carbonyl (C=O) groups excluding carboxylic acids is 1. The van der Waals surface area contributed by atoms with Gasteiger partial charge in [-0.1, -0.05) is 18.7 Å². The Balaban J connectivity index is 1.73. The number of nitrogens with zero attached hydrogens (tertiary/aromatic N) is 4. The lowest BCUT2D eigenvalue weighted by Crippen LogP contribution is -2.58. The molecule has 5 rings (SSSR count). The Morgan fingerprint density at radius 3 is 2.49 bits per heavy atom. The predicted octanol–water partition coefficient (Wildman–Crippen LogP) is 4.24. The van der Waals surface area contributed by atoms with E-state index >= 15 is 0 Å². The zero-order valence-corrected chi connectivity index (χ0v) is 22.3. The van der Waals surface area contributed by atoms with Gasteiger partial charge in [-0.05, 0) is 56.2 Å². The van der Waals surface area contributed by atoms with Gasteiger partial charge >= 0.3 is 5.69 Å². The first-order valence-corrected chi connectivity index (χ1v) is 13.4. The molecule has 3 atom stereocenters. The number of aryl methyl sites for hydroxylation is 1. The molecule has 1 amide bonds. The number of halogens is 1. The molecule has 7 nitrogen and oxygen atoms in total. The van der Waals surface area contributed by atoms with E-state index in [9.17, 15) is 14.0 Å². The summed E-state index contributed by atoms with van der Waals surface area (Å²) in [6.45, 7) is 11.2. The first-order valence-electron chi connectivity index (χ1n) is 12.4. The lowest BCUT2D eigenvalue weighted by Gasteiger charge is -2.44. The van der Waals surface area contributed by atoms with Gasteiger partial charge in [0.25, 0.3) is 0 Å². The zero-order valence-electron chi connectivity index (χ0n) is 21.5. The van der Waals surface area contributed by atoms with Gasteiger partial charge in [0.2, 0.25) is 5.91 Å². The van der Waals surface area contributed by atoms with Crippen molar-refractivity contribution in [2.75, 3.05) is 30.9 Å². The molecule has 2 aliphatic heterocycles. The van der Waals surface area contributed by atoms with Crippen molar-refractivity contribution in [1.82, 2.24) is 14.5 Å². The number of aromatic nitrogens is 2. The van der Waals surface area contributed by atoms with Gasteiger partial charge in [-0.2, -0.15) is 4.98 Å². The maximum Gasteiger partial charge on any atom is 0.350 e. The average Bonchev–Trinajstić information content (AvgIpc) is 3.07. The van der Waals surface area contributed by atoms with E-state index in [1.165, 1.54) is 18.2 Å². The van der Waals surface area contributed by atoms with Gasteiger partial charge in [-0.15, -0.1) is 11.8 Å². The highest BCUT2D eigenvalue weighted by Gasteiger charge is 2.34. The van der Waals surface area contributed by atoms with E-state index < -0.39 is 0 Å². The molecule has 1 aromatic heterocycles. The van der Waals surface area contributed by atoms with Crippen LogP contribution >= 0.6 is 11.8 Å². The number of rotatable bonds is 4. The molecule has 194 valence electrons. The van der Waals surface area contributed by atoms with Gasteiger partial charge in [0, 0.05) is 53.9 Å². The van der Waals surface area contributed by atoms with Gasteiger partial charge in [0.1, 0.15) is 11.6 Å². The highest BCUT2D eigenvalue weighted by Crippen LogP contribution is 2.43. The summed E-state index contributed by atoms with van der Waals surface area (Å²) in [6.07, 6.45) is 1.20. The molecular formula is C28H31FN4O3S. The summed E-state index contributed by atoms with van der Waals surface area (Å²) in [4.78, 5) is 35.5. The summed E-state index contributed by atoms with van der Waals surface area (Å²) in [5.41, 5.74) is 3.41. The second-order valence-electron chi connectivity index (χ2n) is 9.85. The number of anilines is 1. The third-order valence-electron chi connectivity index (χ3n) is 7.31. The van der Waals surface area contributed by atoms with Crippen molar-refractivity contribution in [3.8, 4) is 11.1 Å². The second-order valence-corrected chi connectivity index (χ2v) is 10.9. The highest BCUT2D eigenvalue weighted by molar-refractivity contribution is 7.99. The minimum atomic E-state index is -0.327. The number of methoxy groups -OCH3 is 1. The van der Waals surface area contributed by atoms with Crippen LogP contribution in [0.15, 0.2) is 52.7 Å². The van der Waals surface area contributed by atoms with Gasteiger partial charge < -0.3 is 14.5 Å². The summed E-state index contributed by atoms with van der Waals surface area (Å²) in [6, 6.07) is 8.42. The third-order valence-corrected chi connectivity index (χ3v) is 8.53. The lowest BCUT2D eigenvalue weighted by atomic mass is 9.97. The van der Waals surface area contributed by atoms with Crippen LogP contribution in [0.1, 0.15) is 19.4 Å². The van der Waals surface area contributed by atoms with E-state index in [0.717, 1.165) is 32.5 Å². The van der Waals surface area contributed by atoms with Crippen molar-refractivity contribution in [3.05, 3.63) is 64.9 Å². The van der Waals surface area contributed by atoms with Crippen LogP contribution in [0, 0.1) is 12.7 Å². The second kappa shape index (κ2) is 9.95. The molecule has 37 heavy (non-hydrogen) atoms. The number of hydrogen-bond acceptors (Lipinski definition) is 6. The van der Waals surface area contributed by atoms with E-state index in [0.29, 0.717) is 31.2 Å². The van der Waals surface area contributed by atoms with E-state index in [-0.39, 0.29) is 35.6 Å². The fraction of sp³-hybridized carbons (Fsp3) is 0.393. The molecule has 2 aliphatic rings. The maximum atomic E-state index is 13.7. The third kappa shape index (κ3) is 4.44. The van der Waals surface area contributed by atoms with E-state index in [1.54, 1.807) is 35.6 Å². The van der Waals surface area contributed by atoms with Crippen LogP contribution in [0.25, 0.3) is 22.0 Å². The summed E-state index contributed by atoms with van der Waals surface area (Å²) in [5, 5.41) is 0.894.